The second-order valence-electron chi connectivity index (χ2n) is 5.86. The van der Waals surface area contributed by atoms with Crippen molar-refractivity contribution in [3.8, 4) is 11.3 Å². The van der Waals surface area contributed by atoms with Crippen LogP contribution in [0.2, 0.25) is 0 Å². The summed E-state index contributed by atoms with van der Waals surface area (Å²) < 4.78 is 20.2. The van der Waals surface area contributed by atoms with Gasteiger partial charge in [-0.05, 0) is 49.7 Å². The van der Waals surface area contributed by atoms with Crippen LogP contribution in [0.15, 0.2) is 42.6 Å². The Balaban J connectivity index is 2.10. The molecule has 0 fully saturated rings. The highest BCUT2D eigenvalue weighted by Gasteiger charge is 2.22. The Morgan fingerprint density at radius 2 is 2.04 bits per heavy atom. The van der Waals surface area contributed by atoms with Gasteiger partial charge in [0, 0.05) is 18.2 Å². The maximum Gasteiger partial charge on any atom is 0.323 e. The van der Waals surface area contributed by atoms with Crippen LogP contribution in [0.25, 0.3) is 16.9 Å². The number of rotatable bonds is 5. The topological polar surface area (TPSA) is 69.6 Å². The fraction of sp³-hybridized carbons (Fsp3) is 0.263. The highest BCUT2D eigenvalue weighted by molar-refractivity contribution is 5.77. The van der Waals surface area contributed by atoms with Crippen LogP contribution in [-0.2, 0) is 16.0 Å². The molecule has 5 nitrogen and oxygen atoms in total. The van der Waals surface area contributed by atoms with Crippen LogP contribution in [0.3, 0.4) is 0 Å². The third kappa shape index (κ3) is 3.39. The predicted molar refractivity (Wildman–Crippen MR) is 93.6 cm³/mol. The first-order valence-corrected chi connectivity index (χ1v) is 8.16. The molecule has 3 rings (SSSR count). The molecular weight excluding hydrogens is 321 g/mol. The average Bonchev–Trinajstić information content (AvgIpc) is 2.96. The summed E-state index contributed by atoms with van der Waals surface area (Å²) in [6, 6.07) is 9.21. The van der Waals surface area contributed by atoms with E-state index in [1.54, 1.807) is 19.1 Å². The quantitative estimate of drug-likeness (QED) is 0.725. The normalized spacial score (nSPS) is 12.3. The zero-order valence-corrected chi connectivity index (χ0v) is 14.2. The van der Waals surface area contributed by atoms with Crippen molar-refractivity contribution in [2.24, 2.45) is 5.73 Å². The molecule has 130 valence electrons. The molecule has 0 aliphatic carbocycles. The number of aryl methyl sites for hydroxylation is 1. The van der Waals surface area contributed by atoms with E-state index in [1.165, 1.54) is 12.1 Å². The molecule has 0 radical (unpaired) electrons. The van der Waals surface area contributed by atoms with Gasteiger partial charge in [-0.2, -0.15) is 0 Å². The molecule has 0 saturated heterocycles. The van der Waals surface area contributed by atoms with Gasteiger partial charge in [-0.25, -0.2) is 9.37 Å². The maximum atomic E-state index is 13.3. The number of aromatic nitrogens is 2. The van der Waals surface area contributed by atoms with Crippen molar-refractivity contribution in [3.05, 3.63) is 59.7 Å². The van der Waals surface area contributed by atoms with Gasteiger partial charge < -0.3 is 14.9 Å². The van der Waals surface area contributed by atoms with E-state index in [4.69, 9.17) is 15.5 Å². The molecule has 25 heavy (non-hydrogen) atoms. The number of carbonyl (C=O) groups is 1. The molecule has 0 bridgehead atoms. The fourth-order valence-electron chi connectivity index (χ4n) is 2.83. The minimum atomic E-state index is -0.792. The summed E-state index contributed by atoms with van der Waals surface area (Å²) in [5.74, 6) is -0.761. The lowest BCUT2D eigenvalue weighted by Crippen LogP contribution is -2.34. The summed E-state index contributed by atoms with van der Waals surface area (Å²) in [7, 11) is 0. The zero-order valence-electron chi connectivity index (χ0n) is 14.2. The molecular formula is C19H20FN3O2. The van der Waals surface area contributed by atoms with E-state index in [-0.39, 0.29) is 18.8 Å². The molecule has 2 heterocycles. The van der Waals surface area contributed by atoms with Crippen LogP contribution in [-0.4, -0.2) is 28.0 Å². The number of ether oxygens (including phenoxy) is 1. The second kappa shape index (κ2) is 7.03. The van der Waals surface area contributed by atoms with Crippen LogP contribution in [0, 0.1) is 12.7 Å². The minimum absolute atomic E-state index is 0.274. The molecule has 2 aromatic heterocycles. The van der Waals surface area contributed by atoms with Gasteiger partial charge in [0.2, 0.25) is 0 Å². The Kier molecular flexibility index (Phi) is 4.81. The fourth-order valence-corrected chi connectivity index (χ4v) is 2.83. The summed E-state index contributed by atoms with van der Waals surface area (Å²) in [6.07, 6.45) is 2.16. The van der Waals surface area contributed by atoms with Crippen molar-refractivity contribution in [1.29, 1.82) is 0 Å². The number of hydrogen-bond donors (Lipinski definition) is 1. The van der Waals surface area contributed by atoms with Gasteiger partial charge in [-0.1, -0.05) is 6.07 Å². The lowest BCUT2D eigenvalue weighted by molar-refractivity contribution is -0.144. The largest absolute Gasteiger partial charge is 0.465 e. The summed E-state index contributed by atoms with van der Waals surface area (Å²) in [5, 5.41) is 0. The minimum Gasteiger partial charge on any atom is -0.465 e. The van der Waals surface area contributed by atoms with E-state index in [2.05, 4.69) is 0 Å². The van der Waals surface area contributed by atoms with E-state index in [0.717, 1.165) is 22.5 Å². The molecule has 0 saturated carbocycles. The van der Waals surface area contributed by atoms with E-state index < -0.39 is 12.0 Å². The second-order valence-corrected chi connectivity index (χ2v) is 5.86. The number of nitrogens with zero attached hydrogens (tertiary/aromatic N) is 2. The first-order valence-electron chi connectivity index (χ1n) is 8.16. The maximum absolute atomic E-state index is 13.3. The van der Waals surface area contributed by atoms with E-state index in [0.29, 0.717) is 5.69 Å². The average molecular weight is 341 g/mol. The third-order valence-corrected chi connectivity index (χ3v) is 4.06. The van der Waals surface area contributed by atoms with Gasteiger partial charge in [0.15, 0.2) is 0 Å². The summed E-state index contributed by atoms with van der Waals surface area (Å²) in [4.78, 5) is 16.6. The monoisotopic (exact) mass is 341 g/mol. The number of halogens is 1. The summed E-state index contributed by atoms with van der Waals surface area (Å²) in [5.41, 5.74) is 10.1. The predicted octanol–water partition coefficient (Wildman–Crippen LogP) is 2.88. The van der Waals surface area contributed by atoms with Crippen LogP contribution in [0.5, 0.6) is 0 Å². The molecule has 1 atom stereocenters. The Hall–Kier alpha value is -2.73. The smallest absolute Gasteiger partial charge is 0.323 e. The molecule has 0 amide bonds. The lowest BCUT2D eigenvalue weighted by atomic mass is 10.1. The van der Waals surface area contributed by atoms with Crippen molar-refractivity contribution < 1.29 is 13.9 Å². The Morgan fingerprint density at radius 3 is 2.72 bits per heavy atom. The van der Waals surface area contributed by atoms with Crippen molar-refractivity contribution >= 4 is 11.6 Å². The number of benzene rings is 1. The summed E-state index contributed by atoms with van der Waals surface area (Å²) >= 11 is 0. The van der Waals surface area contributed by atoms with Crippen LogP contribution in [0.4, 0.5) is 4.39 Å². The molecule has 2 N–H and O–H groups in total. The lowest BCUT2D eigenvalue weighted by Gasteiger charge is -2.12. The first kappa shape index (κ1) is 17.1. The van der Waals surface area contributed by atoms with Crippen LogP contribution >= 0.6 is 0 Å². The molecule has 6 heteroatoms. The van der Waals surface area contributed by atoms with Gasteiger partial charge in [-0.15, -0.1) is 0 Å². The Labute approximate surface area is 145 Å². The molecule has 0 spiro atoms. The Bertz CT molecular complexity index is 903. The number of imidazole rings is 1. The van der Waals surface area contributed by atoms with Crippen LogP contribution in [0.1, 0.15) is 18.2 Å². The van der Waals surface area contributed by atoms with E-state index in [9.17, 15) is 9.18 Å². The van der Waals surface area contributed by atoms with Crippen molar-refractivity contribution in [2.75, 3.05) is 6.61 Å². The molecule has 3 aromatic rings. The highest BCUT2D eigenvalue weighted by atomic mass is 19.1. The number of hydrogen-bond acceptors (Lipinski definition) is 4. The van der Waals surface area contributed by atoms with Gasteiger partial charge in [-0.3, -0.25) is 4.79 Å². The molecule has 1 unspecified atom stereocenters. The highest BCUT2D eigenvalue weighted by Crippen LogP contribution is 2.27. The summed E-state index contributed by atoms with van der Waals surface area (Å²) in [6.45, 7) is 3.99. The Morgan fingerprint density at radius 1 is 1.32 bits per heavy atom. The van der Waals surface area contributed by atoms with Gasteiger partial charge in [0.05, 0.1) is 18.0 Å². The number of carbonyl (C=O) groups excluding carboxylic acids is 1. The number of fused-ring (bicyclic) bond motifs is 1. The number of nitrogens with two attached hydrogens (primary N) is 1. The van der Waals surface area contributed by atoms with Gasteiger partial charge in [0.25, 0.3) is 0 Å². The van der Waals surface area contributed by atoms with Crippen molar-refractivity contribution in [2.45, 2.75) is 26.3 Å². The SMILES string of the molecule is CCOC(=O)C(N)Cc1c(-c2ccc(F)cc2)nc2c(C)cccn12. The van der Waals surface area contributed by atoms with Gasteiger partial charge >= 0.3 is 5.97 Å². The van der Waals surface area contributed by atoms with E-state index in [1.807, 2.05) is 29.7 Å². The number of esters is 1. The van der Waals surface area contributed by atoms with E-state index >= 15 is 0 Å². The van der Waals surface area contributed by atoms with Crippen molar-refractivity contribution in [1.82, 2.24) is 9.38 Å². The first-order chi connectivity index (χ1) is 12.0. The van der Waals surface area contributed by atoms with Crippen LogP contribution < -0.4 is 5.73 Å². The number of pyridine rings is 1. The molecule has 0 aliphatic heterocycles. The van der Waals surface area contributed by atoms with Gasteiger partial charge in [0.1, 0.15) is 17.5 Å². The van der Waals surface area contributed by atoms with Crippen molar-refractivity contribution in [3.63, 3.8) is 0 Å². The zero-order chi connectivity index (χ0) is 18.0. The molecule has 0 aliphatic rings. The standard InChI is InChI=1S/C19H20FN3O2/c1-3-25-19(24)15(21)11-16-17(13-6-8-14(20)9-7-13)22-18-12(2)5-4-10-23(16)18/h4-10,15H,3,11,21H2,1-2H3. The molecule has 1 aromatic carbocycles. The third-order valence-electron chi connectivity index (χ3n) is 4.06.